The topological polar surface area (TPSA) is 67.0 Å². The van der Waals surface area contributed by atoms with Gasteiger partial charge in [0, 0.05) is 26.2 Å². The van der Waals surface area contributed by atoms with E-state index in [0.29, 0.717) is 25.3 Å². The van der Waals surface area contributed by atoms with Gasteiger partial charge >= 0.3 is 5.97 Å². The van der Waals surface area contributed by atoms with E-state index in [9.17, 15) is 4.79 Å². The minimum Gasteiger partial charge on any atom is -0.466 e. The molecule has 0 spiro atoms. The van der Waals surface area contributed by atoms with E-state index < -0.39 is 0 Å². The van der Waals surface area contributed by atoms with Gasteiger partial charge in [-0.1, -0.05) is 0 Å². The number of ether oxygens (including phenoxy) is 1. The van der Waals surface area contributed by atoms with Crippen LogP contribution in [0, 0.1) is 11.3 Å². The summed E-state index contributed by atoms with van der Waals surface area (Å²) in [6.45, 7) is 3.71. The van der Waals surface area contributed by atoms with E-state index in [4.69, 9.17) is 10.00 Å². The first-order chi connectivity index (χ1) is 8.67. The molecular formula is C13H19N3O2. The van der Waals surface area contributed by atoms with Crippen LogP contribution in [0.3, 0.4) is 0 Å². The minimum absolute atomic E-state index is 0.147. The van der Waals surface area contributed by atoms with Gasteiger partial charge in [-0.25, -0.2) is 0 Å². The molecule has 0 radical (unpaired) electrons. The largest absolute Gasteiger partial charge is 0.466 e. The average molecular weight is 249 g/mol. The Labute approximate surface area is 107 Å². The summed E-state index contributed by atoms with van der Waals surface area (Å²) in [7, 11) is 1.85. The van der Waals surface area contributed by atoms with E-state index in [2.05, 4.69) is 11.4 Å². The van der Waals surface area contributed by atoms with Crippen LogP contribution in [0.4, 0.5) is 0 Å². The standard InChI is InChI=1S/C13H19N3O2/c1-3-18-13(17)5-4-6-15-9-11-7-12(8-14)16(2)10-11/h7,10,15H,3-6,9H2,1-2H3. The lowest BCUT2D eigenvalue weighted by atomic mass is 10.3. The number of hydrogen-bond donors (Lipinski definition) is 1. The first-order valence-electron chi connectivity index (χ1n) is 6.09. The molecule has 0 saturated heterocycles. The lowest BCUT2D eigenvalue weighted by Crippen LogP contribution is -2.16. The number of aromatic nitrogens is 1. The van der Waals surface area contributed by atoms with Gasteiger partial charge in [0.1, 0.15) is 11.8 Å². The molecule has 0 unspecified atom stereocenters. The predicted octanol–water partition coefficient (Wildman–Crippen LogP) is 1.33. The molecule has 98 valence electrons. The molecular weight excluding hydrogens is 230 g/mol. The van der Waals surface area contributed by atoms with Gasteiger partial charge in [0.25, 0.3) is 0 Å². The zero-order chi connectivity index (χ0) is 13.4. The Hall–Kier alpha value is -1.80. The van der Waals surface area contributed by atoms with E-state index in [-0.39, 0.29) is 5.97 Å². The molecule has 1 N–H and O–H groups in total. The fourth-order valence-electron chi connectivity index (χ4n) is 1.66. The molecule has 0 saturated carbocycles. The molecule has 1 rings (SSSR count). The summed E-state index contributed by atoms with van der Waals surface area (Å²) in [5.41, 5.74) is 1.73. The summed E-state index contributed by atoms with van der Waals surface area (Å²) in [4.78, 5) is 11.1. The number of aryl methyl sites for hydroxylation is 1. The van der Waals surface area contributed by atoms with Crippen molar-refractivity contribution in [2.45, 2.75) is 26.3 Å². The zero-order valence-corrected chi connectivity index (χ0v) is 10.9. The monoisotopic (exact) mass is 249 g/mol. The molecule has 0 aliphatic heterocycles. The van der Waals surface area contributed by atoms with Crippen LogP contribution in [-0.2, 0) is 23.1 Å². The van der Waals surface area contributed by atoms with Gasteiger partial charge in [-0.05, 0) is 31.5 Å². The second-order valence-electron chi connectivity index (χ2n) is 4.04. The summed E-state index contributed by atoms with van der Waals surface area (Å²) in [6.07, 6.45) is 3.13. The SMILES string of the molecule is CCOC(=O)CCCNCc1cc(C#N)n(C)c1. The van der Waals surface area contributed by atoms with Crippen molar-refractivity contribution < 1.29 is 9.53 Å². The number of nitrogens with one attached hydrogen (secondary N) is 1. The molecule has 18 heavy (non-hydrogen) atoms. The third kappa shape index (κ3) is 4.60. The van der Waals surface area contributed by atoms with Crippen LogP contribution in [0.15, 0.2) is 12.3 Å². The molecule has 0 amide bonds. The summed E-state index contributed by atoms with van der Waals surface area (Å²) >= 11 is 0. The summed E-state index contributed by atoms with van der Waals surface area (Å²) < 4.78 is 6.64. The fraction of sp³-hybridized carbons (Fsp3) is 0.538. The van der Waals surface area contributed by atoms with Crippen LogP contribution in [0.2, 0.25) is 0 Å². The Morgan fingerprint density at radius 3 is 3.00 bits per heavy atom. The van der Waals surface area contributed by atoms with E-state index in [1.54, 1.807) is 11.5 Å². The first-order valence-corrected chi connectivity index (χ1v) is 6.09. The van der Waals surface area contributed by atoms with Crippen LogP contribution in [0.5, 0.6) is 0 Å². The second kappa shape index (κ2) is 7.51. The van der Waals surface area contributed by atoms with Crippen molar-refractivity contribution in [3.63, 3.8) is 0 Å². The van der Waals surface area contributed by atoms with Crippen LogP contribution >= 0.6 is 0 Å². The van der Waals surface area contributed by atoms with Crippen molar-refractivity contribution in [2.24, 2.45) is 7.05 Å². The maximum atomic E-state index is 11.1. The Morgan fingerprint density at radius 2 is 2.39 bits per heavy atom. The van der Waals surface area contributed by atoms with E-state index >= 15 is 0 Å². The van der Waals surface area contributed by atoms with Crippen LogP contribution in [-0.4, -0.2) is 23.7 Å². The predicted molar refractivity (Wildman–Crippen MR) is 67.7 cm³/mol. The maximum Gasteiger partial charge on any atom is 0.305 e. The number of esters is 1. The third-order valence-corrected chi connectivity index (χ3v) is 2.55. The lowest BCUT2D eigenvalue weighted by Gasteiger charge is -2.03. The van der Waals surface area contributed by atoms with Crippen molar-refractivity contribution in [1.29, 1.82) is 5.26 Å². The molecule has 0 aliphatic carbocycles. The van der Waals surface area contributed by atoms with Gasteiger partial charge < -0.3 is 14.6 Å². The van der Waals surface area contributed by atoms with Gasteiger partial charge in [-0.15, -0.1) is 0 Å². The Balaban J connectivity index is 2.18. The number of carbonyl (C=O) groups excluding carboxylic acids is 1. The summed E-state index contributed by atoms with van der Waals surface area (Å²) in [5.74, 6) is -0.147. The van der Waals surface area contributed by atoms with Crippen molar-refractivity contribution in [1.82, 2.24) is 9.88 Å². The highest BCUT2D eigenvalue weighted by Gasteiger charge is 2.03. The minimum atomic E-state index is -0.147. The lowest BCUT2D eigenvalue weighted by molar-refractivity contribution is -0.143. The quantitative estimate of drug-likeness (QED) is 0.585. The molecule has 1 aromatic rings. The molecule has 0 aliphatic rings. The normalized spacial score (nSPS) is 10.1. The molecule has 0 atom stereocenters. The fourth-order valence-corrected chi connectivity index (χ4v) is 1.66. The van der Waals surface area contributed by atoms with Gasteiger partial charge in [-0.3, -0.25) is 4.79 Å². The molecule has 1 aromatic heterocycles. The molecule has 0 bridgehead atoms. The van der Waals surface area contributed by atoms with Gasteiger partial charge in [0.2, 0.25) is 0 Å². The Kier molecular flexibility index (Phi) is 5.95. The Bertz CT molecular complexity index is 432. The number of nitrogens with zero attached hydrogens (tertiary/aromatic N) is 2. The second-order valence-corrected chi connectivity index (χ2v) is 4.04. The van der Waals surface area contributed by atoms with E-state index in [1.807, 2.05) is 19.3 Å². The summed E-state index contributed by atoms with van der Waals surface area (Å²) in [6, 6.07) is 3.98. The maximum absolute atomic E-state index is 11.1. The third-order valence-electron chi connectivity index (χ3n) is 2.55. The van der Waals surface area contributed by atoms with E-state index in [0.717, 1.165) is 18.5 Å². The number of carbonyl (C=O) groups is 1. The smallest absolute Gasteiger partial charge is 0.305 e. The average Bonchev–Trinajstić information content (AvgIpc) is 2.69. The number of nitriles is 1. The van der Waals surface area contributed by atoms with Gasteiger partial charge in [0.05, 0.1) is 6.61 Å². The van der Waals surface area contributed by atoms with Crippen molar-refractivity contribution in [3.05, 3.63) is 23.5 Å². The van der Waals surface area contributed by atoms with Crippen LogP contribution in [0.1, 0.15) is 31.0 Å². The zero-order valence-electron chi connectivity index (χ0n) is 10.9. The highest BCUT2D eigenvalue weighted by atomic mass is 16.5. The van der Waals surface area contributed by atoms with Crippen LogP contribution in [0.25, 0.3) is 0 Å². The highest BCUT2D eigenvalue weighted by Crippen LogP contribution is 2.05. The molecule has 5 nitrogen and oxygen atoms in total. The summed E-state index contributed by atoms with van der Waals surface area (Å²) in [5, 5.41) is 12.0. The van der Waals surface area contributed by atoms with Crippen LogP contribution < -0.4 is 5.32 Å². The van der Waals surface area contributed by atoms with Crippen molar-refractivity contribution in [3.8, 4) is 6.07 Å². The number of rotatable bonds is 7. The molecule has 5 heteroatoms. The molecule has 0 aromatic carbocycles. The highest BCUT2D eigenvalue weighted by molar-refractivity contribution is 5.69. The molecule has 1 heterocycles. The van der Waals surface area contributed by atoms with Crippen molar-refractivity contribution in [2.75, 3.05) is 13.2 Å². The van der Waals surface area contributed by atoms with Crippen molar-refractivity contribution >= 4 is 5.97 Å². The Morgan fingerprint density at radius 1 is 1.61 bits per heavy atom. The van der Waals surface area contributed by atoms with Gasteiger partial charge in [0.15, 0.2) is 0 Å². The van der Waals surface area contributed by atoms with E-state index in [1.165, 1.54) is 0 Å². The first kappa shape index (κ1) is 14.3. The van der Waals surface area contributed by atoms with Gasteiger partial charge in [-0.2, -0.15) is 5.26 Å². The number of hydrogen-bond acceptors (Lipinski definition) is 4. The molecule has 0 fully saturated rings.